The molecule has 1 atom stereocenters. The molecule has 9 heavy (non-hydrogen) atoms. The van der Waals surface area contributed by atoms with E-state index in [1.165, 1.54) is 0 Å². The van der Waals surface area contributed by atoms with E-state index in [0.29, 0.717) is 6.04 Å². The molecule has 54 valence electrons. The van der Waals surface area contributed by atoms with Gasteiger partial charge in [0.1, 0.15) is 0 Å². The average molecular weight is 150 g/mol. The zero-order valence-corrected chi connectivity index (χ0v) is 6.40. The second-order valence-electron chi connectivity index (χ2n) is 2.26. The highest BCUT2D eigenvalue weighted by molar-refractivity contribution is 6.13. The van der Waals surface area contributed by atoms with Gasteiger partial charge in [-0.05, 0) is 18.2 Å². The van der Waals surface area contributed by atoms with Gasteiger partial charge in [0.25, 0.3) is 0 Å². The molecular weight excluding hydrogens is 138 g/mol. The molecular formula is C6H12ClNO. The molecule has 1 unspecified atom stereocenters. The van der Waals surface area contributed by atoms with Gasteiger partial charge in [-0.25, -0.2) is 4.42 Å². The highest BCUT2D eigenvalue weighted by Gasteiger charge is 2.18. The van der Waals surface area contributed by atoms with Gasteiger partial charge in [-0.15, -0.1) is 0 Å². The average Bonchev–Trinajstić information content (AvgIpc) is 1.89. The molecule has 1 saturated heterocycles. The fourth-order valence-corrected chi connectivity index (χ4v) is 1.21. The molecule has 0 aromatic rings. The van der Waals surface area contributed by atoms with Crippen LogP contribution in [0.3, 0.4) is 0 Å². The quantitative estimate of drug-likeness (QED) is 0.521. The summed E-state index contributed by atoms with van der Waals surface area (Å²) in [7, 11) is 0. The Kier molecular flexibility index (Phi) is 2.76. The normalized spacial score (nSPS) is 30.7. The van der Waals surface area contributed by atoms with Crippen LogP contribution in [0.1, 0.15) is 13.3 Å². The Morgan fingerprint density at radius 3 is 3.00 bits per heavy atom. The van der Waals surface area contributed by atoms with Crippen molar-refractivity contribution in [1.29, 1.82) is 0 Å². The van der Waals surface area contributed by atoms with E-state index >= 15 is 0 Å². The summed E-state index contributed by atoms with van der Waals surface area (Å²) in [6.07, 6.45) is 1.07. The molecule has 0 amide bonds. The highest BCUT2D eigenvalue weighted by atomic mass is 35.5. The predicted molar refractivity (Wildman–Crippen MR) is 37.5 cm³/mol. The first-order valence-corrected chi connectivity index (χ1v) is 3.68. The SMILES string of the molecule is CCC1COCCN1Cl. The van der Waals surface area contributed by atoms with Crippen LogP contribution in [0, 0.1) is 0 Å². The molecule has 0 radical (unpaired) electrons. The van der Waals surface area contributed by atoms with E-state index < -0.39 is 0 Å². The summed E-state index contributed by atoms with van der Waals surface area (Å²) in [5, 5.41) is 0. The fourth-order valence-electron chi connectivity index (χ4n) is 0.951. The van der Waals surface area contributed by atoms with Crippen LogP contribution < -0.4 is 0 Å². The molecule has 0 spiro atoms. The molecule has 0 aromatic heterocycles. The molecule has 1 aliphatic heterocycles. The summed E-state index contributed by atoms with van der Waals surface area (Å²) in [4.78, 5) is 0. The van der Waals surface area contributed by atoms with Crippen LogP contribution in [0.4, 0.5) is 0 Å². The van der Waals surface area contributed by atoms with Gasteiger partial charge in [0, 0.05) is 12.6 Å². The molecule has 0 aliphatic carbocycles. The monoisotopic (exact) mass is 149 g/mol. The lowest BCUT2D eigenvalue weighted by Gasteiger charge is -2.28. The Morgan fingerprint density at radius 2 is 2.56 bits per heavy atom. The van der Waals surface area contributed by atoms with E-state index in [4.69, 9.17) is 16.5 Å². The molecule has 1 aliphatic rings. The summed E-state index contributed by atoms with van der Waals surface area (Å²) < 4.78 is 7.05. The van der Waals surface area contributed by atoms with Crippen molar-refractivity contribution in [3.8, 4) is 0 Å². The number of hydrogen-bond acceptors (Lipinski definition) is 2. The summed E-state index contributed by atoms with van der Waals surface area (Å²) in [5.74, 6) is 0. The van der Waals surface area contributed by atoms with Gasteiger partial charge in [0.05, 0.1) is 13.2 Å². The van der Waals surface area contributed by atoms with Gasteiger partial charge in [0.15, 0.2) is 0 Å². The second kappa shape index (κ2) is 3.40. The minimum Gasteiger partial charge on any atom is -0.378 e. The molecule has 0 bridgehead atoms. The first-order chi connectivity index (χ1) is 4.34. The zero-order valence-electron chi connectivity index (χ0n) is 5.64. The third-order valence-corrected chi connectivity index (χ3v) is 2.07. The molecule has 2 nitrogen and oxygen atoms in total. The fraction of sp³-hybridized carbons (Fsp3) is 1.00. The Hall–Kier alpha value is 0.210. The van der Waals surface area contributed by atoms with Crippen molar-refractivity contribution in [2.45, 2.75) is 19.4 Å². The molecule has 0 saturated carbocycles. The Labute approximate surface area is 60.8 Å². The summed E-state index contributed by atoms with van der Waals surface area (Å²) in [6, 6.07) is 0.431. The largest absolute Gasteiger partial charge is 0.378 e. The second-order valence-corrected chi connectivity index (χ2v) is 2.69. The summed E-state index contributed by atoms with van der Waals surface area (Å²) in [5.41, 5.74) is 0. The maximum absolute atomic E-state index is 5.84. The number of rotatable bonds is 1. The third-order valence-electron chi connectivity index (χ3n) is 1.63. The number of morpholine rings is 1. The van der Waals surface area contributed by atoms with Crippen molar-refractivity contribution >= 4 is 11.8 Å². The van der Waals surface area contributed by atoms with E-state index in [1.54, 1.807) is 0 Å². The number of halogens is 1. The van der Waals surface area contributed by atoms with Crippen LogP contribution in [-0.4, -0.2) is 30.2 Å². The van der Waals surface area contributed by atoms with Crippen LogP contribution in [0.2, 0.25) is 0 Å². The van der Waals surface area contributed by atoms with Crippen LogP contribution in [0.5, 0.6) is 0 Å². The molecule has 3 heteroatoms. The van der Waals surface area contributed by atoms with Gasteiger partial charge in [-0.1, -0.05) is 6.92 Å². The zero-order chi connectivity index (χ0) is 6.69. The van der Waals surface area contributed by atoms with Crippen molar-refractivity contribution in [2.24, 2.45) is 0 Å². The van der Waals surface area contributed by atoms with E-state index in [1.807, 2.05) is 4.42 Å². The smallest absolute Gasteiger partial charge is 0.0635 e. The lowest BCUT2D eigenvalue weighted by molar-refractivity contribution is 0.0325. The predicted octanol–water partition coefficient (Wildman–Crippen LogP) is 1.25. The number of nitrogens with zero attached hydrogens (tertiary/aromatic N) is 1. The standard InChI is InChI=1S/C6H12ClNO/c1-2-6-5-9-4-3-8(6)7/h6H,2-5H2,1H3. The topological polar surface area (TPSA) is 12.5 Å². The van der Waals surface area contributed by atoms with Crippen LogP contribution in [0.15, 0.2) is 0 Å². The van der Waals surface area contributed by atoms with Crippen molar-refractivity contribution in [2.75, 3.05) is 19.8 Å². The molecule has 0 N–H and O–H groups in total. The third kappa shape index (κ3) is 1.81. The molecule has 1 fully saturated rings. The van der Waals surface area contributed by atoms with Crippen molar-refractivity contribution in [3.05, 3.63) is 0 Å². The highest BCUT2D eigenvalue weighted by Crippen LogP contribution is 2.11. The lowest BCUT2D eigenvalue weighted by atomic mass is 10.2. The molecule has 1 rings (SSSR count). The summed E-state index contributed by atoms with van der Waals surface area (Å²) in [6.45, 7) is 4.55. The van der Waals surface area contributed by atoms with Crippen LogP contribution >= 0.6 is 11.8 Å². The van der Waals surface area contributed by atoms with Crippen molar-refractivity contribution < 1.29 is 4.74 Å². The first kappa shape index (κ1) is 7.32. The Balaban J connectivity index is 2.30. The van der Waals surface area contributed by atoms with Gasteiger partial charge in [0.2, 0.25) is 0 Å². The van der Waals surface area contributed by atoms with E-state index in [2.05, 4.69) is 6.92 Å². The maximum atomic E-state index is 5.84. The first-order valence-electron chi connectivity index (χ1n) is 3.34. The van der Waals surface area contributed by atoms with E-state index in [0.717, 1.165) is 26.2 Å². The van der Waals surface area contributed by atoms with Gasteiger partial charge < -0.3 is 4.74 Å². The molecule has 1 heterocycles. The lowest BCUT2D eigenvalue weighted by Crippen LogP contribution is -2.38. The Morgan fingerprint density at radius 1 is 1.78 bits per heavy atom. The number of ether oxygens (including phenoxy) is 1. The maximum Gasteiger partial charge on any atom is 0.0635 e. The van der Waals surface area contributed by atoms with E-state index in [-0.39, 0.29) is 0 Å². The summed E-state index contributed by atoms with van der Waals surface area (Å²) >= 11 is 5.84. The van der Waals surface area contributed by atoms with Gasteiger partial charge in [-0.3, -0.25) is 0 Å². The molecule has 0 aromatic carbocycles. The van der Waals surface area contributed by atoms with Crippen molar-refractivity contribution in [1.82, 2.24) is 4.42 Å². The van der Waals surface area contributed by atoms with Crippen LogP contribution in [-0.2, 0) is 4.74 Å². The van der Waals surface area contributed by atoms with Crippen LogP contribution in [0.25, 0.3) is 0 Å². The van der Waals surface area contributed by atoms with Crippen molar-refractivity contribution in [3.63, 3.8) is 0 Å². The number of hydrogen-bond donors (Lipinski definition) is 0. The van der Waals surface area contributed by atoms with Gasteiger partial charge in [-0.2, -0.15) is 0 Å². The Bertz CT molecular complexity index is 89.1. The van der Waals surface area contributed by atoms with E-state index in [9.17, 15) is 0 Å². The minimum atomic E-state index is 0.431. The minimum absolute atomic E-state index is 0.431. The van der Waals surface area contributed by atoms with Gasteiger partial charge >= 0.3 is 0 Å².